The van der Waals surface area contributed by atoms with Gasteiger partial charge in [-0.05, 0) is 0 Å². The second-order valence-corrected chi connectivity index (χ2v) is 3.05. The fraction of sp³-hybridized carbons (Fsp3) is 0.750. The molecular formula is C8H16N2O9. The molecule has 0 spiro atoms. The van der Waals surface area contributed by atoms with E-state index in [0.717, 1.165) is 0 Å². The molecule has 11 heteroatoms. The highest BCUT2D eigenvalue weighted by Gasteiger charge is 2.14. The van der Waals surface area contributed by atoms with Gasteiger partial charge in [0.25, 0.3) is 0 Å². The minimum atomic E-state index is -1.30. The Morgan fingerprint density at radius 3 is 2.32 bits per heavy atom. The summed E-state index contributed by atoms with van der Waals surface area (Å²) in [7, 11) is 0. The van der Waals surface area contributed by atoms with Gasteiger partial charge in [0.2, 0.25) is 0 Å². The summed E-state index contributed by atoms with van der Waals surface area (Å²) in [4.78, 5) is 25.4. The molecule has 0 amide bonds. The van der Waals surface area contributed by atoms with Crippen LogP contribution in [-0.4, -0.2) is 72.1 Å². The van der Waals surface area contributed by atoms with Gasteiger partial charge in [0.15, 0.2) is 0 Å². The maximum Gasteiger partial charge on any atom is 0.508 e. The van der Waals surface area contributed by atoms with E-state index in [4.69, 9.17) is 26.0 Å². The van der Waals surface area contributed by atoms with Crippen LogP contribution in [0.2, 0.25) is 0 Å². The first-order valence-corrected chi connectivity index (χ1v) is 5.10. The lowest BCUT2D eigenvalue weighted by molar-refractivity contribution is -0.493. The van der Waals surface area contributed by atoms with E-state index in [0.29, 0.717) is 0 Å². The number of carbonyl (C=O) groups excluding carboxylic acids is 1. The zero-order chi connectivity index (χ0) is 14.7. The minimum Gasteiger partial charge on any atom is -0.480 e. The molecule has 0 aliphatic rings. The second-order valence-electron chi connectivity index (χ2n) is 3.05. The summed E-state index contributed by atoms with van der Waals surface area (Å²) >= 11 is 0. The van der Waals surface area contributed by atoms with Gasteiger partial charge in [-0.25, -0.2) is 9.63 Å². The van der Waals surface area contributed by atoms with Gasteiger partial charge in [0, 0.05) is 0 Å². The summed E-state index contributed by atoms with van der Waals surface area (Å²) in [5.74, 6) is -1.29. The Morgan fingerprint density at radius 2 is 1.74 bits per heavy atom. The average molecular weight is 284 g/mol. The molecular weight excluding hydrogens is 268 g/mol. The topological polar surface area (TPSA) is 161 Å². The van der Waals surface area contributed by atoms with E-state index in [-0.39, 0.29) is 26.4 Å². The molecule has 1 unspecified atom stereocenters. The van der Waals surface area contributed by atoms with E-state index < -0.39 is 30.2 Å². The first kappa shape index (κ1) is 17.5. The molecule has 0 bridgehead atoms. The van der Waals surface area contributed by atoms with Crippen LogP contribution in [0.25, 0.3) is 0 Å². The van der Waals surface area contributed by atoms with Crippen LogP contribution < -0.4 is 5.73 Å². The van der Waals surface area contributed by atoms with Gasteiger partial charge in [0.05, 0.1) is 25.2 Å². The number of carboxylic acids is 1. The quantitative estimate of drug-likeness (QED) is 0.211. The minimum absolute atomic E-state index is 0.0281. The van der Waals surface area contributed by atoms with Gasteiger partial charge < -0.3 is 25.1 Å². The van der Waals surface area contributed by atoms with Gasteiger partial charge in [-0.3, -0.25) is 15.2 Å². The number of carboxylic acid groups (broad SMARTS) is 1. The molecule has 0 saturated carbocycles. The van der Waals surface area contributed by atoms with Crippen molar-refractivity contribution in [2.45, 2.75) is 6.04 Å². The lowest BCUT2D eigenvalue weighted by atomic mass is 10.3. The number of hydrogen-bond acceptors (Lipinski definition) is 10. The largest absolute Gasteiger partial charge is 0.508 e. The van der Waals surface area contributed by atoms with Gasteiger partial charge in [0.1, 0.15) is 19.3 Å². The number of hydrogen-bond donors (Lipinski definition) is 4. The highest BCUT2D eigenvalue weighted by molar-refractivity contribution is 5.73. The molecule has 0 heterocycles. The summed E-state index contributed by atoms with van der Waals surface area (Å²) in [6.45, 7) is -0.653. The van der Waals surface area contributed by atoms with Crippen LogP contribution in [0.1, 0.15) is 0 Å². The van der Waals surface area contributed by atoms with Crippen LogP contribution in [0.5, 0.6) is 0 Å². The van der Waals surface area contributed by atoms with E-state index in [1.54, 1.807) is 0 Å². The molecule has 112 valence electrons. The monoisotopic (exact) mass is 284 g/mol. The number of nitrogens with two attached hydrogens (primary N) is 1. The van der Waals surface area contributed by atoms with Crippen molar-refractivity contribution in [2.24, 2.45) is 5.73 Å². The van der Waals surface area contributed by atoms with E-state index in [1.807, 2.05) is 0 Å². The van der Waals surface area contributed by atoms with Crippen molar-refractivity contribution in [1.82, 2.24) is 5.39 Å². The molecule has 0 aromatic carbocycles. The molecule has 5 N–H and O–H groups in total. The normalized spacial score (nSPS) is 12.2. The smallest absolute Gasteiger partial charge is 0.480 e. The predicted octanol–water partition coefficient (Wildman–Crippen LogP) is -1.42. The van der Waals surface area contributed by atoms with E-state index in [2.05, 4.69) is 14.3 Å². The van der Waals surface area contributed by atoms with Gasteiger partial charge in [-0.15, -0.1) is 0 Å². The molecule has 11 nitrogen and oxygen atoms in total. The summed E-state index contributed by atoms with van der Waals surface area (Å²) in [6.07, 6.45) is -1.06. The predicted molar refractivity (Wildman–Crippen MR) is 55.1 cm³/mol. The molecule has 0 aromatic rings. The molecule has 1 atom stereocenters. The van der Waals surface area contributed by atoms with E-state index in [9.17, 15) is 9.59 Å². The molecule has 0 aliphatic carbocycles. The van der Waals surface area contributed by atoms with E-state index >= 15 is 0 Å². The van der Waals surface area contributed by atoms with Crippen molar-refractivity contribution in [1.29, 1.82) is 0 Å². The summed E-state index contributed by atoms with van der Waals surface area (Å²) in [6, 6.07) is -1.30. The fourth-order valence-electron chi connectivity index (χ4n) is 0.735. The van der Waals surface area contributed by atoms with Crippen molar-refractivity contribution in [3.8, 4) is 0 Å². The lowest BCUT2D eigenvalue weighted by Gasteiger charge is -2.09. The second kappa shape index (κ2) is 10.4. The lowest BCUT2D eigenvalue weighted by Crippen LogP contribution is -2.35. The number of ether oxygens (including phenoxy) is 3. The summed E-state index contributed by atoms with van der Waals surface area (Å²) < 4.78 is 13.8. The fourth-order valence-corrected chi connectivity index (χ4v) is 0.735. The van der Waals surface area contributed by atoms with Crippen LogP contribution in [0, 0.1) is 0 Å². The number of rotatable bonds is 10. The molecule has 0 saturated heterocycles. The number of nitrogens with zero attached hydrogens (tertiary/aromatic N) is 1. The van der Waals surface area contributed by atoms with Gasteiger partial charge in [-0.2, -0.15) is 0 Å². The van der Waals surface area contributed by atoms with Crippen molar-refractivity contribution in [3.05, 3.63) is 0 Å². The van der Waals surface area contributed by atoms with Crippen LogP contribution >= 0.6 is 0 Å². The van der Waals surface area contributed by atoms with Crippen molar-refractivity contribution < 1.29 is 44.2 Å². The summed E-state index contributed by atoms with van der Waals surface area (Å²) in [5, 5.41) is 24.2. The Kier molecular flexibility index (Phi) is 9.60. The SMILES string of the molecule is NC(COC(=O)OCCOCCON(O)O)C(=O)O. The van der Waals surface area contributed by atoms with Gasteiger partial charge in [-0.1, -0.05) is 0 Å². The first-order valence-electron chi connectivity index (χ1n) is 5.10. The third-order valence-corrected chi connectivity index (χ3v) is 1.58. The van der Waals surface area contributed by atoms with E-state index in [1.165, 1.54) is 0 Å². The van der Waals surface area contributed by atoms with Crippen LogP contribution in [-0.2, 0) is 23.8 Å². The summed E-state index contributed by atoms with van der Waals surface area (Å²) in [5.41, 5.74) is 5.08. The standard InChI is InChI=1S/C8H16N2O9/c9-6(7(11)12)5-18-8(13)17-3-1-16-2-4-19-10(14)15/h6,14-15H,1-5,9H2,(H,11,12). The molecule has 0 fully saturated rings. The zero-order valence-corrected chi connectivity index (χ0v) is 9.93. The zero-order valence-electron chi connectivity index (χ0n) is 9.93. The van der Waals surface area contributed by atoms with Crippen molar-refractivity contribution in [2.75, 3.05) is 33.0 Å². The first-order chi connectivity index (χ1) is 8.93. The number of carbonyl (C=O) groups is 2. The van der Waals surface area contributed by atoms with Gasteiger partial charge >= 0.3 is 12.1 Å². The molecule has 0 aromatic heterocycles. The highest BCUT2D eigenvalue weighted by Crippen LogP contribution is 1.89. The third-order valence-electron chi connectivity index (χ3n) is 1.58. The number of aliphatic carboxylic acids is 1. The molecule has 0 rings (SSSR count). The maximum atomic E-state index is 10.9. The third kappa shape index (κ3) is 11.3. The van der Waals surface area contributed by atoms with Crippen LogP contribution in [0.3, 0.4) is 0 Å². The Balaban J connectivity index is 3.36. The Morgan fingerprint density at radius 1 is 1.11 bits per heavy atom. The Hall–Kier alpha value is -1.50. The van der Waals surface area contributed by atoms with Crippen molar-refractivity contribution in [3.63, 3.8) is 0 Å². The maximum absolute atomic E-state index is 10.9. The van der Waals surface area contributed by atoms with Crippen molar-refractivity contribution >= 4 is 12.1 Å². The molecule has 0 aliphatic heterocycles. The Labute approximate surface area is 107 Å². The molecule has 19 heavy (non-hydrogen) atoms. The average Bonchev–Trinajstić information content (AvgIpc) is 2.34. The molecule has 0 radical (unpaired) electrons. The van der Waals surface area contributed by atoms with Crippen LogP contribution in [0.4, 0.5) is 4.79 Å². The van der Waals surface area contributed by atoms with Crippen LogP contribution in [0.15, 0.2) is 0 Å². The Bertz CT molecular complexity index is 273. The highest BCUT2D eigenvalue weighted by atomic mass is 17.1.